The molecule has 12 heteroatoms. The molecule has 0 unspecified atom stereocenters. The van der Waals surface area contributed by atoms with Crippen LogP contribution in [-0.4, -0.2) is 41.4 Å². The minimum absolute atomic E-state index is 0.00921. The van der Waals surface area contributed by atoms with Crippen molar-refractivity contribution in [2.75, 3.05) is 19.7 Å². The molecule has 0 amide bonds. The number of rotatable bonds is 5. The summed E-state index contributed by atoms with van der Waals surface area (Å²) >= 11 is 0. The average molecular weight is 453 g/mol. The molecular formula is C19H18F7N3O2. The Kier molecular flexibility index (Phi) is 6.58. The van der Waals surface area contributed by atoms with E-state index >= 15 is 0 Å². The van der Waals surface area contributed by atoms with E-state index in [1.165, 1.54) is 10.8 Å². The standard InChI is InChI=1S/C19H18F7N3O2/c20-14-2-1-12(9-13(14)18(21,22)23)15-10-29(7-8-31-17(30)19(24,25)26)16(28-15)11-3-5-27-6-4-11/h1-2,9-11,27H,3-8H2. The maximum atomic E-state index is 13.6. The van der Waals surface area contributed by atoms with Crippen molar-refractivity contribution in [3.63, 3.8) is 0 Å². The Bertz CT molecular complexity index is 932. The van der Waals surface area contributed by atoms with Gasteiger partial charge in [0, 0.05) is 17.7 Å². The Morgan fingerprint density at radius 1 is 1.16 bits per heavy atom. The molecule has 1 aromatic carbocycles. The van der Waals surface area contributed by atoms with Crippen LogP contribution in [0, 0.1) is 5.82 Å². The largest absolute Gasteiger partial charge is 0.490 e. The number of carbonyl (C=O) groups is 1. The van der Waals surface area contributed by atoms with E-state index in [4.69, 9.17) is 0 Å². The lowest BCUT2D eigenvalue weighted by atomic mass is 9.97. The summed E-state index contributed by atoms with van der Waals surface area (Å²) in [5.74, 6) is -3.38. The highest BCUT2D eigenvalue weighted by Gasteiger charge is 2.41. The van der Waals surface area contributed by atoms with Gasteiger partial charge in [-0.05, 0) is 44.1 Å². The molecule has 0 aliphatic carbocycles. The van der Waals surface area contributed by atoms with E-state index in [0.29, 0.717) is 43.9 Å². The fraction of sp³-hybridized carbons (Fsp3) is 0.474. The number of piperidine rings is 1. The van der Waals surface area contributed by atoms with Crippen LogP contribution in [0.3, 0.4) is 0 Å². The lowest BCUT2D eigenvalue weighted by Gasteiger charge is -2.23. The van der Waals surface area contributed by atoms with Gasteiger partial charge in [0.05, 0.1) is 17.8 Å². The number of halogens is 7. The summed E-state index contributed by atoms with van der Waals surface area (Å²) < 4.78 is 95.4. The van der Waals surface area contributed by atoms with Crippen LogP contribution in [0.15, 0.2) is 24.4 Å². The predicted molar refractivity (Wildman–Crippen MR) is 94.5 cm³/mol. The van der Waals surface area contributed by atoms with Crippen LogP contribution in [0.4, 0.5) is 30.7 Å². The third kappa shape index (κ3) is 5.54. The molecule has 3 rings (SSSR count). The third-order valence-electron chi connectivity index (χ3n) is 4.88. The zero-order valence-corrected chi connectivity index (χ0v) is 16.0. The average Bonchev–Trinajstić information content (AvgIpc) is 3.11. The van der Waals surface area contributed by atoms with Crippen molar-refractivity contribution >= 4 is 5.97 Å². The number of ether oxygens (including phenoxy) is 1. The predicted octanol–water partition coefficient (Wildman–Crippen LogP) is 4.28. The van der Waals surface area contributed by atoms with E-state index in [1.54, 1.807) is 0 Å². The molecule has 31 heavy (non-hydrogen) atoms. The van der Waals surface area contributed by atoms with Gasteiger partial charge in [0.2, 0.25) is 0 Å². The normalized spacial score (nSPS) is 15.8. The van der Waals surface area contributed by atoms with E-state index in [9.17, 15) is 35.5 Å². The molecule has 0 saturated carbocycles. The quantitative estimate of drug-likeness (QED) is 0.543. The topological polar surface area (TPSA) is 56.2 Å². The highest BCUT2D eigenvalue weighted by Crippen LogP contribution is 2.35. The summed E-state index contributed by atoms with van der Waals surface area (Å²) in [5.41, 5.74) is -1.32. The molecule has 1 fully saturated rings. The van der Waals surface area contributed by atoms with Crippen molar-refractivity contribution in [3.05, 3.63) is 41.6 Å². The maximum absolute atomic E-state index is 13.6. The van der Waals surface area contributed by atoms with Crippen molar-refractivity contribution in [1.82, 2.24) is 14.9 Å². The van der Waals surface area contributed by atoms with Crippen LogP contribution in [-0.2, 0) is 22.3 Å². The number of aromatic nitrogens is 2. The van der Waals surface area contributed by atoms with Crippen molar-refractivity contribution in [2.45, 2.75) is 37.7 Å². The zero-order valence-electron chi connectivity index (χ0n) is 16.0. The first-order chi connectivity index (χ1) is 14.5. The van der Waals surface area contributed by atoms with Crippen molar-refractivity contribution in [2.24, 2.45) is 0 Å². The van der Waals surface area contributed by atoms with Crippen molar-refractivity contribution in [3.8, 4) is 11.3 Å². The number of imidazole rings is 1. The molecule has 1 N–H and O–H groups in total. The maximum Gasteiger partial charge on any atom is 0.490 e. The summed E-state index contributed by atoms with van der Waals surface area (Å²) in [5, 5.41) is 3.15. The summed E-state index contributed by atoms with van der Waals surface area (Å²) in [6.45, 7) is 0.583. The minimum Gasteiger partial charge on any atom is -0.457 e. The van der Waals surface area contributed by atoms with Crippen LogP contribution in [0.5, 0.6) is 0 Å². The number of nitrogens with one attached hydrogen (secondary N) is 1. The van der Waals surface area contributed by atoms with Gasteiger partial charge in [-0.15, -0.1) is 0 Å². The van der Waals surface area contributed by atoms with Gasteiger partial charge in [-0.1, -0.05) is 0 Å². The summed E-state index contributed by atoms with van der Waals surface area (Å²) in [4.78, 5) is 15.3. The van der Waals surface area contributed by atoms with E-state index in [0.717, 1.165) is 6.07 Å². The molecule has 1 saturated heterocycles. The molecule has 2 aromatic rings. The number of carbonyl (C=O) groups excluding carboxylic acids is 1. The Morgan fingerprint density at radius 2 is 1.84 bits per heavy atom. The molecule has 1 aliphatic rings. The van der Waals surface area contributed by atoms with Crippen LogP contribution in [0.25, 0.3) is 11.3 Å². The molecule has 1 aromatic heterocycles. The molecule has 0 atom stereocenters. The highest BCUT2D eigenvalue weighted by molar-refractivity contribution is 5.75. The summed E-state index contributed by atoms with van der Waals surface area (Å²) in [6.07, 6.45) is -7.33. The van der Waals surface area contributed by atoms with Crippen molar-refractivity contribution < 1.29 is 40.3 Å². The number of hydrogen-bond acceptors (Lipinski definition) is 4. The molecule has 5 nitrogen and oxygen atoms in total. The lowest BCUT2D eigenvalue weighted by Crippen LogP contribution is -2.29. The second-order valence-electron chi connectivity index (χ2n) is 7.03. The van der Waals surface area contributed by atoms with Crippen molar-refractivity contribution in [1.29, 1.82) is 0 Å². The Hall–Kier alpha value is -2.63. The minimum atomic E-state index is -5.12. The van der Waals surface area contributed by atoms with Gasteiger partial charge in [-0.2, -0.15) is 26.3 Å². The molecule has 0 bridgehead atoms. The van der Waals surface area contributed by atoms with Crippen LogP contribution in [0.2, 0.25) is 0 Å². The summed E-state index contributed by atoms with van der Waals surface area (Å²) in [6, 6.07) is 2.47. The van der Waals surface area contributed by atoms with Gasteiger partial charge < -0.3 is 14.6 Å². The number of esters is 1. The fourth-order valence-electron chi connectivity index (χ4n) is 3.37. The van der Waals surface area contributed by atoms with Gasteiger partial charge in [0.25, 0.3) is 0 Å². The van der Waals surface area contributed by atoms with Gasteiger partial charge in [-0.25, -0.2) is 14.2 Å². The van der Waals surface area contributed by atoms with E-state index in [2.05, 4.69) is 15.0 Å². The molecular weight excluding hydrogens is 435 g/mol. The van der Waals surface area contributed by atoms with E-state index < -0.39 is 36.3 Å². The SMILES string of the molecule is O=C(OCCn1cc(-c2ccc(F)c(C(F)(F)F)c2)nc1C1CCNCC1)C(F)(F)F. The van der Waals surface area contributed by atoms with Gasteiger partial charge in [0.15, 0.2) is 0 Å². The van der Waals surface area contributed by atoms with Crippen LogP contribution >= 0.6 is 0 Å². The number of benzene rings is 1. The highest BCUT2D eigenvalue weighted by atomic mass is 19.4. The Balaban J connectivity index is 1.89. The summed E-state index contributed by atoms with van der Waals surface area (Å²) in [7, 11) is 0. The smallest absolute Gasteiger partial charge is 0.457 e. The number of hydrogen-bond donors (Lipinski definition) is 1. The second kappa shape index (κ2) is 8.85. The third-order valence-corrected chi connectivity index (χ3v) is 4.88. The molecule has 170 valence electrons. The molecule has 0 spiro atoms. The molecule has 0 radical (unpaired) electrons. The molecule has 2 heterocycles. The zero-order chi connectivity index (χ0) is 22.8. The lowest BCUT2D eigenvalue weighted by molar-refractivity contribution is -0.199. The first-order valence-electron chi connectivity index (χ1n) is 9.35. The number of nitrogens with zero attached hydrogens (tertiary/aromatic N) is 2. The van der Waals surface area contributed by atoms with Gasteiger partial charge >= 0.3 is 18.3 Å². The van der Waals surface area contributed by atoms with Crippen LogP contribution in [0.1, 0.15) is 30.1 Å². The Morgan fingerprint density at radius 3 is 2.45 bits per heavy atom. The van der Waals surface area contributed by atoms with Gasteiger partial charge in [-0.3, -0.25) is 0 Å². The fourth-order valence-corrected chi connectivity index (χ4v) is 3.37. The first-order valence-corrected chi connectivity index (χ1v) is 9.35. The van der Waals surface area contributed by atoms with E-state index in [1.807, 2.05) is 0 Å². The second-order valence-corrected chi connectivity index (χ2v) is 7.03. The molecule has 1 aliphatic heterocycles. The van der Waals surface area contributed by atoms with Gasteiger partial charge in [0.1, 0.15) is 18.2 Å². The van der Waals surface area contributed by atoms with E-state index in [-0.39, 0.29) is 23.7 Å². The van der Waals surface area contributed by atoms with Crippen LogP contribution < -0.4 is 5.32 Å². The Labute approximate surface area is 172 Å². The monoisotopic (exact) mass is 453 g/mol. The number of alkyl halides is 6. The first kappa shape index (κ1) is 23.0.